The Kier molecular flexibility index (Phi) is 4.35. The van der Waals surface area contributed by atoms with E-state index < -0.39 is 0 Å². The van der Waals surface area contributed by atoms with Crippen LogP contribution in [0.15, 0.2) is 30.3 Å². The molecule has 0 bridgehead atoms. The minimum atomic E-state index is -0.233. The molecule has 1 unspecified atom stereocenters. The van der Waals surface area contributed by atoms with Crippen LogP contribution in [0.2, 0.25) is 0 Å². The van der Waals surface area contributed by atoms with Crippen molar-refractivity contribution in [1.29, 1.82) is 0 Å². The first-order valence-corrected chi connectivity index (χ1v) is 5.33. The number of benzene rings is 1. The second kappa shape index (κ2) is 5.54. The highest BCUT2D eigenvalue weighted by Gasteiger charge is 2.11. The summed E-state index contributed by atoms with van der Waals surface area (Å²) in [6.45, 7) is 6.83. The van der Waals surface area contributed by atoms with E-state index in [2.05, 4.69) is 20.8 Å². The van der Waals surface area contributed by atoms with E-state index in [1.54, 1.807) is 12.1 Å². The molecule has 0 aromatic heterocycles. The summed E-state index contributed by atoms with van der Waals surface area (Å²) in [5, 5.41) is 0. The van der Waals surface area contributed by atoms with Gasteiger partial charge in [-0.25, -0.2) is 4.79 Å². The molecule has 0 spiro atoms. The summed E-state index contributed by atoms with van der Waals surface area (Å²) >= 11 is 0. The molecular weight excluding hydrogens is 188 g/mol. The lowest BCUT2D eigenvalue weighted by Gasteiger charge is -2.15. The van der Waals surface area contributed by atoms with Crippen LogP contribution in [0.3, 0.4) is 0 Å². The summed E-state index contributed by atoms with van der Waals surface area (Å²) in [5.74, 6) is 0.703. The maximum atomic E-state index is 11.5. The van der Waals surface area contributed by atoms with Crippen molar-refractivity contribution in [3.8, 4) is 0 Å². The normalized spacial score (nSPS) is 12.5. The number of carbonyl (C=O) groups is 1. The molecule has 15 heavy (non-hydrogen) atoms. The highest BCUT2D eigenvalue weighted by atomic mass is 16.5. The second-order valence-electron chi connectivity index (χ2n) is 4.19. The van der Waals surface area contributed by atoms with Crippen LogP contribution in [-0.2, 0) is 4.74 Å². The number of carbonyl (C=O) groups excluding carboxylic acids is 1. The smallest absolute Gasteiger partial charge is 0.338 e. The number of rotatable bonds is 4. The molecule has 0 radical (unpaired) electrons. The summed E-state index contributed by atoms with van der Waals surface area (Å²) in [6, 6.07) is 9.09. The molecule has 2 nitrogen and oxygen atoms in total. The summed E-state index contributed by atoms with van der Waals surface area (Å²) < 4.78 is 5.21. The number of hydrogen-bond acceptors (Lipinski definition) is 2. The minimum Gasteiger partial charge on any atom is -0.462 e. The quantitative estimate of drug-likeness (QED) is 0.707. The van der Waals surface area contributed by atoms with Crippen molar-refractivity contribution in [2.24, 2.45) is 11.8 Å². The van der Waals surface area contributed by atoms with Crippen molar-refractivity contribution in [2.45, 2.75) is 20.8 Å². The summed E-state index contributed by atoms with van der Waals surface area (Å²) in [4.78, 5) is 11.5. The zero-order valence-electron chi connectivity index (χ0n) is 9.57. The summed E-state index contributed by atoms with van der Waals surface area (Å²) in [7, 11) is 0. The van der Waals surface area contributed by atoms with Crippen molar-refractivity contribution in [2.75, 3.05) is 6.61 Å². The van der Waals surface area contributed by atoms with Crippen molar-refractivity contribution in [1.82, 2.24) is 0 Å². The first-order chi connectivity index (χ1) is 7.11. The zero-order chi connectivity index (χ0) is 11.3. The number of ether oxygens (including phenoxy) is 1. The van der Waals surface area contributed by atoms with Crippen molar-refractivity contribution in [3.63, 3.8) is 0 Å². The lowest BCUT2D eigenvalue weighted by atomic mass is 9.99. The van der Waals surface area contributed by atoms with Gasteiger partial charge < -0.3 is 4.74 Å². The topological polar surface area (TPSA) is 26.3 Å². The predicted molar refractivity (Wildman–Crippen MR) is 60.7 cm³/mol. The molecule has 0 saturated heterocycles. The Labute approximate surface area is 91.3 Å². The zero-order valence-corrected chi connectivity index (χ0v) is 9.57. The fourth-order valence-electron chi connectivity index (χ4n) is 1.06. The van der Waals surface area contributed by atoms with E-state index in [0.29, 0.717) is 24.0 Å². The van der Waals surface area contributed by atoms with Gasteiger partial charge in [-0.3, -0.25) is 0 Å². The summed E-state index contributed by atoms with van der Waals surface area (Å²) in [6.07, 6.45) is 0. The van der Waals surface area contributed by atoms with Gasteiger partial charge in [0.25, 0.3) is 0 Å². The predicted octanol–water partition coefficient (Wildman–Crippen LogP) is 3.14. The lowest BCUT2D eigenvalue weighted by molar-refractivity contribution is 0.0419. The fourth-order valence-corrected chi connectivity index (χ4v) is 1.06. The van der Waals surface area contributed by atoms with E-state index in [1.807, 2.05) is 18.2 Å². The van der Waals surface area contributed by atoms with Gasteiger partial charge in [-0.2, -0.15) is 0 Å². The standard InChI is InChI=1S/C13H18O2/c1-10(2)11(3)9-15-13(14)12-7-5-4-6-8-12/h4-8,10-11H,9H2,1-3H3. The molecule has 1 aromatic carbocycles. The Bertz CT molecular complexity index is 304. The van der Waals surface area contributed by atoms with E-state index in [4.69, 9.17) is 4.74 Å². The van der Waals surface area contributed by atoms with Crippen LogP contribution in [0.4, 0.5) is 0 Å². The monoisotopic (exact) mass is 206 g/mol. The van der Waals surface area contributed by atoms with Gasteiger partial charge in [-0.05, 0) is 24.0 Å². The first kappa shape index (κ1) is 11.8. The SMILES string of the molecule is CC(C)C(C)COC(=O)c1ccccc1. The van der Waals surface area contributed by atoms with E-state index in [-0.39, 0.29) is 5.97 Å². The Hall–Kier alpha value is -1.31. The molecule has 1 aromatic rings. The van der Waals surface area contributed by atoms with E-state index >= 15 is 0 Å². The highest BCUT2D eigenvalue weighted by Crippen LogP contribution is 2.11. The van der Waals surface area contributed by atoms with Gasteiger partial charge in [0.15, 0.2) is 0 Å². The van der Waals surface area contributed by atoms with Crippen LogP contribution in [0, 0.1) is 11.8 Å². The maximum absolute atomic E-state index is 11.5. The molecule has 0 aliphatic carbocycles. The molecule has 0 amide bonds. The fraction of sp³-hybridized carbons (Fsp3) is 0.462. The molecule has 1 atom stereocenters. The lowest BCUT2D eigenvalue weighted by Crippen LogP contribution is -2.15. The largest absolute Gasteiger partial charge is 0.462 e. The van der Waals surface area contributed by atoms with E-state index in [9.17, 15) is 4.79 Å². The average Bonchev–Trinajstić information content (AvgIpc) is 2.26. The molecule has 0 aliphatic heterocycles. The Morgan fingerprint density at radius 1 is 1.20 bits per heavy atom. The third-order valence-electron chi connectivity index (χ3n) is 2.62. The molecule has 0 saturated carbocycles. The van der Waals surface area contributed by atoms with Gasteiger partial charge in [0.2, 0.25) is 0 Å². The second-order valence-corrected chi connectivity index (χ2v) is 4.19. The van der Waals surface area contributed by atoms with Crippen LogP contribution < -0.4 is 0 Å². The summed E-state index contributed by atoms with van der Waals surface area (Å²) in [5.41, 5.74) is 0.619. The molecular formula is C13H18O2. The Morgan fingerprint density at radius 3 is 2.33 bits per heavy atom. The van der Waals surface area contributed by atoms with Gasteiger partial charge in [-0.1, -0.05) is 39.0 Å². The van der Waals surface area contributed by atoms with E-state index in [0.717, 1.165) is 0 Å². The van der Waals surface area contributed by atoms with E-state index in [1.165, 1.54) is 0 Å². The molecule has 0 fully saturated rings. The molecule has 0 heterocycles. The molecule has 2 heteroatoms. The number of hydrogen-bond donors (Lipinski definition) is 0. The molecule has 0 N–H and O–H groups in total. The third kappa shape index (κ3) is 3.74. The molecule has 0 aliphatic rings. The molecule has 82 valence electrons. The average molecular weight is 206 g/mol. The van der Waals surface area contributed by atoms with Crippen LogP contribution in [0.25, 0.3) is 0 Å². The van der Waals surface area contributed by atoms with Crippen LogP contribution in [-0.4, -0.2) is 12.6 Å². The Balaban J connectivity index is 2.44. The van der Waals surface area contributed by atoms with Crippen molar-refractivity contribution < 1.29 is 9.53 Å². The van der Waals surface area contributed by atoms with Crippen LogP contribution >= 0.6 is 0 Å². The number of esters is 1. The minimum absolute atomic E-state index is 0.233. The first-order valence-electron chi connectivity index (χ1n) is 5.33. The maximum Gasteiger partial charge on any atom is 0.338 e. The van der Waals surface area contributed by atoms with Crippen LogP contribution in [0.1, 0.15) is 31.1 Å². The van der Waals surface area contributed by atoms with Crippen molar-refractivity contribution >= 4 is 5.97 Å². The Morgan fingerprint density at radius 2 is 1.80 bits per heavy atom. The molecule has 1 rings (SSSR count). The van der Waals surface area contributed by atoms with Gasteiger partial charge in [0.1, 0.15) is 0 Å². The van der Waals surface area contributed by atoms with Crippen LogP contribution in [0.5, 0.6) is 0 Å². The van der Waals surface area contributed by atoms with Gasteiger partial charge in [-0.15, -0.1) is 0 Å². The van der Waals surface area contributed by atoms with Gasteiger partial charge in [0.05, 0.1) is 12.2 Å². The van der Waals surface area contributed by atoms with Gasteiger partial charge >= 0.3 is 5.97 Å². The highest BCUT2D eigenvalue weighted by molar-refractivity contribution is 5.89. The van der Waals surface area contributed by atoms with Crippen molar-refractivity contribution in [3.05, 3.63) is 35.9 Å². The van der Waals surface area contributed by atoms with Gasteiger partial charge in [0, 0.05) is 0 Å². The third-order valence-corrected chi connectivity index (χ3v) is 2.62.